The van der Waals surface area contributed by atoms with Gasteiger partial charge in [-0.1, -0.05) is 73.7 Å². The molecule has 0 spiro atoms. The van der Waals surface area contributed by atoms with Crippen LogP contribution >= 0.6 is 0 Å². The first-order chi connectivity index (χ1) is 6.45. The lowest BCUT2D eigenvalue weighted by Crippen LogP contribution is -2.20. The summed E-state index contributed by atoms with van der Waals surface area (Å²) in [5.41, 5.74) is 1.52. The van der Waals surface area contributed by atoms with Crippen LogP contribution in [0.4, 0.5) is 0 Å². The van der Waals surface area contributed by atoms with E-state index >= 15 is 0 Å². The van der Waals surface area contributed by atoms with Crippen molar-refractivity contribution in [2.45, 2.75) is 37.9 Å². The van der Waals surface area contributed by atoms with Gasteiger partial charge in [0.05, 0.1) is 0 Å². The molecule has 0 N–H and O–H groups in total. The van der Waals surface area contributed by atoms with E-state index in [9.17, 15) is 0 Å². The Kier molecular flexibility index (Phi) is 3.07. The fourth-order valence-corrected chi connectivity index (χ4v) is 2.34. The number of hydrogen-bond donors (Lipinski definition) is 0. The van der Waals surface area contributed by atoms with Gasteiger partial charge in [-0.25, -0.2) is 0 Å². The van der Waals surface area contributed by atoms with Gasteiger partial charge >= 0.3 is 0 Å². The second kappa shape index (κ2) is 4.50. The average Bonchev–Trinajstić information content (AvgIpc) is 2.21. The molecular formula is C12H17B. The molecule has 68 valence electrons. The van der Waals surface area contributed by atoms with E-state index in [-0.39, 0.29) is 0 Å². The molecule has 0 nitrogen and oxygen atoms in total. The highest BCUT2D eigenvalue weighted by molar-refractivity contribution is 6.54. The normalized spacial score (nSPS) is 18.5. The zero-order chi connectivity index (χ0) is 8.93. The van der Waals surface area contributed by atoms with Crippen LogP contribution in [0.5, 0.6) is 0 Å². The van der Waals surface area contributed by atoms with Crippen LogP contribution in [-0.2, 0) is 0 Å². The van der Waals surface area contributed by atoms with Crippen LogP contribution in [0.1, 0.15) is 32.1 Å². The molecule has 1 aromatic rings. The van der Waals surface area contributed by atoms with Gasteiger partial charge in [0.25, 0.3) is 0 Å². The third kappa shape index (κ3) is 2.62. The quantitative estimate of drug-likeness (QED) is 0.601. The number of rotatable bonds is 2. The Morgan fingerprint density at radius 2 is 1.62 bits per heavy atom. The van der Waals surface area contributed by atoms with E-state index < -0.39 is 0 Å². The SMILES string of the molecule is B(c1ccccc1)C1CCCCC1. The molecule has 0 aliphatic heterocycles. The third-order valence-corrected chi connectivity index (χ3v) is 3.09. The molecule has 1 aromatic carbocycles. The smallest absolute Gasteiger partial charge is 0.0842 e. The van der Waals surface area contributed by atoms with Crippen LogP contribution < -0.4 is 5.46 Å². The maximum atomic E-state index is 2.26. The molecule has 1 aliphatic carbocycles. The van der Waals surface area contributed by atoms with Crippen molar-refractivity contribution in [1.29, 1.82) is 0 Å². The molecule has 2 rings (SSSR count). The maximum Gasteiger partial charge on any atom is 0.160 e. The summed E-state index contributed by atoms with van der Waals surface area (Å²) in [6, 6.07) is 10.9. The van der Waals surface area contributed by atoms with Gasteiger partial charge in [-0.3, -0.25) is 0 Å². The predicted octanol–water partition coefficient (Wildman–Crippen LogP) is 2.50. The van der Waals surface area contributed by atoms with Crippen molar-refractivity contribution < 1.29 is 0 Å². The molecule has 1 fully saturated rings. The van der Waals surface area contributed by atoms with Crippen molar-refractivity contribution >= 4 is 12.7 Å². The van der Waals surface area contributed by atoms with Crippen LogP contribution in [0, 0.1) is 0 Å². The molecule has 1 aliphatic rings. The van der Waals surface area contributed by atoms with E-state index in [1.54, 1.807) is 0 Å². The van der Waals surface area contributed by atoms with Crippen molar-refractivity contribution in [2.75, 3.05) is 0 Å². The number of benzene rings is 1. The topological polar surface area (TPSA) is 0 Å². The van der Waals surface area contributed by atoms with Crippen molar-refractivity contribution in [3.8, 4) is 0 Å². The molecule has 0 heterocycles. The van der Waals surface area contributed by atoms with Gasteiger partial charge in [0, 0.05) is 0 Å². The first kappa shape index (κ1) is 8.86. The Bertz CT molecular complexity index is 237. The summed E-state index contributed by atoms with van der Waals surface area (Å²) in [7, 11) is 1.31. The van der Waals surface area contributed by atoms with E-state index in [1.165, 1.54) is 44.8 Å². The monoisotopic (exact) mass is 172 g/mol. The van der Waals surface area contributed by atoms with Crippen LogP contribution in [0.25, 0.3) is 0 Å². The Balaban J connectivity index is 1.90. The lowest BCUT2D eigenvalue weighted by molar-refractivity contribution is 0.502. The van der Waals surface area contributed by atoms with Gasteiger partial charge in [-0.2, -0.15) is 0 Å². The molecule has 0 amide bonds. The minimum atomic E-state index is 0.969. The largest absolute Gasteiger partial charge is 0.160 e. The zero-order valence-corrected chi connectivity index (χ0v) is 8.21. The fraction of sp³-hybridized carbons (Fsp3) is 0.500. The molecule has 0 saturated heterocycles. The van der Waals surface area contributed by atoms with Gasteiger partial charge in [0.1, 0.15) is 0 Å². The fourth-order valence-electron chi connectivity index (χ4n) is 2.34. The minimum Gasteiger partial charge on any atom is -0.0842 e. The highest BCUT2D eigenvalue weighted by Crippen LogP contribution is 2.27. The Labute approximate surface area is 81.6 Å². The van der Waals surface area contributed by atoms with Crippen molar-refractivity contribution in [3.05, 3.63) is 30.3 Å². The molecule has 1 heteroatoms. The van der Waals surface area contributed by atoms with Gasteiger partial charge in [0.15, 0.2) is 7.28 Å². The summed E-state index contributed by atoms with van der Waals surface area (Å²) in [6.45, 7) is 0. The van der Waals surface area contributed by atoms with Crippen LogP contribution in [0.2, 0.25) is 5.82 Å². The highest BCUT2D eigenvalue weighted by Gasteiger charge is 2.14. The van der Waals surface area contributed by atoms with Crippen LogP contribution in [-0.4, -0.2) is 7.28 Å². The van der Waals surface area contributed by atoms with Gasteiger partial charge in [0.2, 0.25) is 0 Å². The predicted molar refractivity (Wildman–Crippen MR) is 60.1 cm³/mol. The molecule has 0 radical (unpaired) electrons. The third-order valence-electron chi connectivity index (χ3n) is 3.09. The van der Waals surface area contributed by atoms with E-state index in [1.807, 2.05) is 0 Å². The molecule has 0 atom stereocenters. The highest BCUT2D eigenvalue weighted by atomic mass is 14.1. The standard InChI is InChI=1S/C12H17B/c1-3-7-11(8-4-1)13-12-9-5-2-6-10-12/h1,3-4,7-8,12-13H,2,5-6,9-10H2. The summed E-state index contributed by atoms with van der Waals surface area (Å²) in [6.07, 6.45) is 7.28. The second-order valence-corrected chi connectivity index (χ2v) is 4.19. The number of hydrogen-bond acceptors (Lipinski definition) is 0. The summed E-state index contributed by atoms with van der Waals surface area (Å²) in [5.74, 6) is 0.969. The lowest BCUT2D eigenvalue weighted by atomic mass is 9.55. The van der Waals surface area contributed by atoms with Gasteiger partial charge < -0.3 is 0 Å². The first-order valence-electron chi connectivity index (χ1n) is 5.49. The van der Waals surface area contributed by atoms with Crippen LogP contribution in [0.3, 0.4) is 0 Å². The average molecular weight is 172 g/mol. The van der Waals surface area contributed by atoms with Gasteiger partial charge in [-0.05, 0) is 0 Å². The molecular weight excluding hydrogens is 155 g/mol. The maximum absolute atomic E-state index is 2.26. The Hall–Kier alpha value is -0.715. The van der Waals surface area contributed by atoms with Crippen molar-refractivity contribution in [2.24, 2.45) is 0 Å². The first-order valence-corrected chi connectivity index (χ1v) is 5.49. The zero-order valence-electron chi connectivity index (χ0n) is 8.21. The molecule has 0 unspecified atom stereocenters. The summed E-state index contributed by atoms with van der Waals surface area (Å²) in [4.78, 5) is 0. The molecule has 13 heavy (non-hydrogen) atoms. The Morgan fingerprint density at radius 3 is 2.31 bits per heavy atom. The minimum absolute atomic E-state index is 0.969. The molecule has 0 bridgehead atoms. The van der Waals surface area contributed by atoms with Crippen LogP contribution in [0.15, 0.2) is 30.3 Å². The van der Waals surface area contributed by atoms with Gasteiger partial charge in [-0.15, -0.1) is 0 Å². The van der Waals surface area contributed by atoms with E-state index in [4.69, 9.17) is 0 Å². The summed E-state index contributed by atoms with van der Waals surface area (Å²) in [5, 5.41) is 0. The van der Waals surface area contributed by atoms with Crippen molar-refractivity contribution in [3.63, 3.8) is 0 Å². The molecule has 1 saturated carbocycles. The van der Waals surface area contributed by atoms with E-state index in [0.29, 0.717) is 0 Å². The summed E-state index contributed by atoms with van der Waals surface area (Å²) >= 11 is 0. The van der Waals surface area contributed by atoms with E-state index in [2.05, 4.69) is 30.3 Å². The van der Waals surface area contributed by atoms with Crippen molar-refractivity contribution in [1.82, 2.24) is 0 Å². The lowest BCUT2D eigenvalue weighted by Gasteiger charge is -2.20. The van der Waals surface area contributed by atoms with E-state index in [0.717, 1.165) is 5.82 Å². The molecule has 0 aromatic heterocycles. The summed E-state index contributed by atoms with van der Waals surface area (Å²) < 4.78 is 0. The second-order valence-electron chi connectivity index (χ2n) is 4.19. The Morgan fingerprint density at radius 1 is 0.923 bits per heavy atom.